The molecule has 2 rings (SSSR count). The molecule has 4 heteroatoms. The monoisotopic (exact) mass is 232 g/mol. The van der Waals surface area contributed by atoms with Crippen molar-refractivity contribution in [2.45, 2.75) is 32.6 Å². The first-order valence-corrected chi connectivity index (χ1v) is 5.57. The second kappa shape index (κ2) is 4.20. The summed E-state index contributed by atoms with van der Waals surface area (Å²) in [6.07, 6.45) is 0.454. The average molecular weight is 232 g/mol. The largest absolute Gasteiger partial charge is 0.508 e. The lowest BCUT2D eigenvalue weighted by Gasteiger charge is -2.10. The number of aromatic hydroxyl groups is 1. The molecule has 0 radical (unpaired) electrons. The third kappa shape index (κ3) is 2.64. The van der Waals surface area contributed by atoms with Crippen molar-refractivity contribution in [1.82, 2.24) is 10.1 Å². The van der Waals surface area contributed by atoms with Gasteiger partial charge in [0.1, 0.15) is 5.75 Å². The standard InChI is InChI=1S/C13H16N2O2/c1-13(2,3)12-14-11(17-15-12)8-9-6-4-5-7-10(9)16/h4-7,16H,8H2,1-3H3. The Hall–Kier alpha value is -1.84. The van der Waals surface area contributed by atoms with Gasteiger partial charge in [-0.3, -0.25) is 0 Å². The molecule has 0 amide bonds. The van der Waals surface area contributed by atoms with E-state index in [-0.39, 0.29) is 11.2 Å². The van der Waals surface area contributed by atoms with Crippen LogP contribution >= 0.6 is 0 Å². The molecule has 0 unspecified atom stereocenters. The van der Waals surface area contributed by atoms with Crippen LogP contribution in [0.3, 0.4) is 0 Å². The fourth-order valence-electron chi connectivity index (χ4n) is 1.45. The number of nitrogens with zero attached hydrogens (tertiary/aromatic N) is 2. The van der Waals surface area contributed by atoms with Crippen molar-refractivity contribution >= 4 is 0 Å². The van der Waals surface area contributed by atoms with Crippen molar-refractivity contribution in [1.29, 1.82) is 0 Å². The molecule has 0 saturated carbocycles. The van der Waals surface area contributed by atoms with Crippen molar-refractivity contribution in [3.8, 4) is 5.75 Å². The lowest BCUT2D eigenvalue weighted by molar-refractivity contribution is 0.366. The summed E-state index contributed by atoms with van der Waals surface area (Å²) in [5, 5.41) is 13.6. The SMILES string of the molecule is CC(C)(C)c1noc(Cc2ccccc2O)n1. The predicted octanol–water partition coefficient (Wildman–Crippen LogP) is 2.66. The molecular formula is C13H16N2O2. The van der Waals surface area contributed by atoms with E-state index >= 15 is 0 Å². The summed E-state index contributed by atoms with van der Waals surface area (Å²) in [7, 11) is 0. The highest BCUT2D eigenvalue weighted by molar-refractivity contribution is 5.33. The van der Waals surface area contributed by atoms with Crippen LogP contribution in [0.15, 0.2) is 28.8 Å². The van der Waals surface area contributed by atoms with Crippen molar-refractivity contribution in [2.75, 3.05) is 0 Å². The molecule has 0 bridgehead atoms. The van der Waals surface area contributed by atoms with Gasteiger partial charge in [0.2, 0.25) is 5.89 Å². The van der Waals surface area contributed by atoms with Gasteiger partial charge in [0.25, 0.3) is 0 Å². The van der Waals surface area contributed by atoms with Gasteiger partial charge in [-0.25, -0.2) is 0 Å². The topological polar surface area (TPSA) is 59.2 Å². The summed E-state index contributed by atoms with van der Waals surface area (Å²) in [6, 6.07) is 7.15. The molecule has 0 spiro atoms. The summed E-state index contributed by atoms with van der Waals surface area (Å²) in [5.41, 5.74) is 0.664. The molecule has 0 fully saturated rings. The van der Waals surface area contributed by atoms with Gasteiger partial charge in [0.05, 0.1) is 6.42 Å². The van der Waals surface area contributed by atoms with Crippen LogP contribution in [0.4, 0.5) is 0 Å². The molecule has 0 aliphatic carbocycles. The van der Waals surface area contributed by atoms with Gasteiger partial charge in [-0.2, -0.15) is 4.98 Å². The van der Waals surface area contributed by atoms with E-state index in [1.54, 1.807) is 12.1 Å². The van der Waals surface area contributed by atoms with E-state index in [4.69, 9.17) is 4.52 Å². The van der Waals surface area contributed by atoms with Crippen LogP contribution in [0, 0.1) is 0 Å². The highest BCUT2D eigenvalue weighted by atomic mass is 16.5. The highest BCUT2D eigenvalue weighted by Crippen LogP contribution is 2.22. The zero-order valence-corrected chi connectivity index (χ0v) is 10.3. The Morgan fingerprint density at radius 2 is 1.94 bits per heavy atom. The number of hydrogen-bond acceptors (Lipinski definition) is 4. The number of phenolic OH excluding ortho intramolecular Hbond substituents is 1. The first-order valence-electron chi connectivity index (χ1n) is 5.57. The maximum atomic E-state index is 9.65. The van der Waals surface area contributed by atoms with E-state index < -0.39 is 0 Å². The van der Waals surface area contributed by atoms with Crippen molar-refractivity contribution in [3.63, 3.8) is 0 Å². The van der Waals surface area contributed by atoms with Gasteiger partial charge >= 0.3 is 0 Å². The van der Waals surface area contributed by atoms with Gasteiger partial charge in [0, 0.05) is 11.0 Å². The van der Waals surface area contributed by atoms with Gasteiger partial charge in [-0.15, -0.1) is 0 Å². The van der Waals surface area contributed by atoms with Gasteiger partial charge in [-0.1, -0.05) is 44.1 Å². The van der Waals surface area contributed by atoms with Crippen LogP contribution in [0.2, 0.25) is 0 Å². The van der Waals surface area contributed by atoms with Crippen molar-refractivity contribution < 1.29 is 9.63 Å². The summed E-state index contributed by atoms with van der Waals surface area (Å²) in [6.45, 7) is 6.09. The minimum absolute atomic E-state index is 0.125. The van der Waals surface area contributed by atoms with E-state index in [9.17, 15) is 5.11 Å². The van der Waals surface area contributed by atoms with Gasteiger partial charge in [0.15, 0.2) is 5.82 Å². The molecule has 0 saturated heterocycles. The number of para-hydroxylation sites is 1. The zero-order chi connectivity index (χ0) is 12.5. The third-order valence-electron chi connectivity index (χ3n) is 2.47. The minimum atomic E-state index is -0.125. The molecule has 1 N–H and O–H groups in total. The van der Waals surface area contributed by atoms with Crippen LogP contribution < -0.4 is 0 Å². The molecule has 1 aromatic heterocycles. The molecule has 17 heavy (non-hydrogen) atoms. The molecule has 4 nitrogen and oxygen atoms in total. The van der Waals surface area contributed by atoms with Crippen LogP contribution in [-0.4, -0.2) is 15.2 Å². The van der Waals surface area contributed by atoms with Crippen LogP contribution in [-0.2, 0) is 11.8 Å². The highest BCUT2D eigenvalue weighted by Gasteiger charge is 2.21. The Morgan fingerprint density at radius 1 is 1.24 bits per heavy atom. The predicted molar refractivity (Wildman–Crippen MR) is 63.9 cm³/mol. The Kier molecular flexibility index (Phi) is 2.88. The van der Waals surface area contributed by atoms with E-state index in [0.717, 1.165) is 5.56 Å². The summed E-state index contributed by atoms with van der Waals surface area (Å²) < 4.78 is 5.18. The smallest absolute Gasteiger partial charge is 0.231 e. The van der Waals surface area contributed by atoms with Gasteiger partial charge in [-0.05, 0) is 6.07 Å². The van der Waals surface area contributed by atoms with E-state index in [0.29, 0.717) is 18.1 Å². The lowest BCUT2D eigenvalue weighted by Crippen LogP contribution is -2.13. The number of hydrogen-bond donors (Lipinski definition) is 1. The second-order valence-corrected chi connectivity index (χ2v) is 5.07. The maximum Gasteiger partial charge on any atom is 0.231 e. The second-order valence-electron chi connectivity index (χ2n) is 5.07. The Bertz CT molecular complexity index is 512. The van der Waals surface area contributed by atoms with Gasteiger partial charge < -0.3 is 9.63 Å². The zero-order valence-electron chi connectivity index (χ0n) is 10.3. The number of aromatic nitrogens is 2. The molecule has 1 heterocycles. The van der Waals surface area contributed by atoms with Crippen LogP contribution in [0.25, 0.3) is 0 Å². The number of phenols is 1. The molecule has 0 aliphatic heterocycles. The first-order chi connectivity index (χ1) is 7.97. The average Bonchev–Trinajstić information content (AvgIpc) is 2.69. The Balaban J connectivity index is 2.21. The molecule has 90 valence electrons. The molecule has 0 aliphatic rings. The maximum absolute atomic E-state index is 9.65. The van der Waals surface area contributed by atoms with E-state index in [1.165, 1.54) is 0 Å². The van der Waals surface area contributed by atoms with Crippen LogP contribution in [0.5, 0.6) is 5.75 Å². The quantitative estimate of drug-likeness (QED) is 0.864. The molecule has 0 atom stereocenters. The summed E-state index contributed by atoms with van der Waals surface area (Å²) >= 11 is 0. The third-order valence-corrected chi connectivity index (χ3v) is 2.47. The number of benzene rings is 1. The number of rotatable bonds is 2. The van der Waals surface area contributed by atoms with E-state index in [2.05, 4.69) is 10.1 Å². The van der Waals surface area contributed by atoms with Crippen molar-refractivity contribution in [3.05, 3.63) is 41.5 Å². The molecule has 2 aromatic rings. The van der Waals surface area contributed by atoms with Crippen LogP contribution in [0.1, 0.15) is 38.0 Å². The fraction of sp³-hybridized carbons (Fsp3) is 0.385. The Morgan fingerprint density at radius 3 is 2.53 bits per heavy atom. The van der Waals surface area contributed by atoms with Crippen molar-refractivity contribution in [2.24, 2.45) is 0 Å². The minimum Gasteiger partial charge on any atom is -0.508 e. The summed E-state index contributed by atoms with van der Waals surface area (Å²) in [5.74, 6) is 1.46. The Labute approximate surface area is 100 Å². The first kappa shape index (κ1) is 11.6. The normalized spacial score (nSPS) is 11.7. The fourth-order valence-corrected chi connectivity index (χ4v) is 1.45. The summed E-state index contributed by atoms with van der Waals surface area (Å²) in [4.78, 5) is 4.33. The molecule has 1 aromatic carbocycles. The van der Waals surface area contributed by atoms with E-state index in [1.807, 2.05) is 32.9 Å². The lowest BCUT2D eigenvalue weighted by atomic mass is 9.96. The molecular weight excluding hydrogens is 216 g/mol.